The number of benzene rings is 1. The summed E-state index contributed by atoms with van der Waals surface area (Å²) in [6.45, 7) is 3.57. The number of aromatic nitrogens is 7. The first-order valence-electron chi connectivity index (χ1n) is 9.95. The number of pyridine rings is 1. The molecule has 12 heteroatoms. The number of anilines is 2. The highest BCUT2D eigenvalue weighted by Gasteiger charge is 2.22. The molecule has 166 valence electrons. The Morgan fingerprint density at radius 2 is 2.12 bits per heavy atom. The molecule has 5 aromatic rings. The summed E-state index contributed by atoms with van der Waals surface area (Å²) in [5.74, 6) is 1.14. The van der Waals surface area contributed by atoms with Gasteiger partial charge in [0.05, 0.1) is 28.3 Å². The van der Waals surface area contributed by atoms with Crippen LogP contribution in [0.25, 0.3) is 27.9 Å². The number of nitrogens with two attached hydrogens (primary N) is 1. The van der Waals surface area contributed by atoms with E-state index in [2.05, 4.69) is 35.7 Å². The number of nitrogen functional groups attached to an aromatic ring is 1. The van der Waals surface area contributed by atoms with Crippen LogP contribution >= 0.6 is 11.6 Å². The molecule has 0 saturated heterocycles. The highest BCUT2D eigenvalue weighted by Crippen LogP contribution is 2.32. The zero-order valence-corrected chi connectivity index (χ0v) is 18.3. The highest BCUT2D eigenvalue weighted by molar-refractivity contribution is 6.35. The average Bonchev–Trinajstić information content (AvgIpc) is 3.45. The Morgan fingerprint density at radius 1 is 1.27 bits per heavy atom. The molecule has 0 aliphatic heterocycles. The number of aryl methyl sites for hydroxylation is 1. The molecule has 11 nitrogen and oxygen atoms in total. The first kappa shape index (κ1) is 20.6. The van der Waals surface area contributed by atoms with Crippen LogP contribution in [0.3, 0.4) is 0 Å². The van der Waals surface area contributed by atoms with Crippen molar-refractivity contribution in [3.63, 3.8) is 0 Å². The van der Waals surface area contributed by atoms with Crippen molar-refractivity contribution in [3.05, 3.63) is 69.9 Å². The zero-order chi connectivity index (χ0) is 23.1. The molecule has 1 atom stereocenters. The van der Waals surface area contributed by atoms with Crippen LogP contribution in [0.5, 0.6) is 0 Å². The van der Waals surface area contributed by atoms with Gasteiger partial charge in [-0.1, -0.05) is 23.7 Å². The zero-order valence-electron chi connectivity index (χ0n) is 17.6. The van der Waals surface area contributed by atoms with E-state index in [-0.39, 0.29) is 17.3 Å². The van der Waals surface area contributed by atoms with Gasteiger partial charge in [-0.05, 0) is 24.4 Å². The van der Waals surface area contributed by atoms with Gasteiger partial charge in [-0.15, -0.1) is 10.2 Å². The maximum atomic E-state index is 13.5. The van der Waals surface area contributed by atoms with Crippen molar-refractivity contribution in [3.8, 4) is 17.1 Å². The number of aromatic amines is 1. The van der Waals surface area contributed by atoms with E-state index >= 15 is 0 Å². The Labute approximate surface area is 191 Å². The van der Waals surface area contributed by atoms with E-state index in [1.165, 1.54) is 6.33 Å². The second kappa shape index (κ2) is 8.02. The van der Waals surface area contributed by atoms with E-state index in [9.17, 15) is 4.79 Å². The molecular weight excluding hydrogens is 446 g/mol. The molecule has 33 heavy (non-hydrogen) atoms. The van der Waals surface area contributed by atoms with Gasteiger partial charge in [0.2, 0.25) is 5.89 Å². The third kappa shape index (κ3) is 3.57. The van der Waals surface area contributed by atoms with Crippen LogP contribution in [-0.2, 0) is 0 Å². The lowest BCUT2D eigenvalue weighted by Crippen LogP contribution is -2.25. The van der Waals surface area contributed by atoms with E-state index in [0.717, 1.165) is 0 Å². The van der Waals surface area contributed by atoms with Crippen LogP contribution in [-0.4, -0.2) is 34.9 Å². The van der Waals surface area contributed by atoms with Crippen LogP contribution < -0.4 is 16.6 Å². The minimum Gasteiger partial charge on any atom is -0.421 e. The molecule has 0 bridgehead atoms. The van der Waals surface area contributed by atoms with E-state index in [4.69, 9.17) is 21.8 Å². The number of fused-ring (bicyclic) bond motifs is 1. The first-order valence-corrected chi connectivity index (χ1v) is 10.3. The van der Waals surface area contributed by atoms with Crippen molar-refractivity contribution in [2.24, 2.45) is 0 Å². The van der Waals surface area contributed by atoms with E-state index in [0.29, 0.717) is 44.4 Å². The van der Waals surface area contributed by atoms with Crippen molar-refractivity contribution in [1.29, 1.82) is 0 Å². The molecule has 4 aromatic heterocycles. The number of hydrogen-bond acceptors (Lipinski definition) is 9. The Bertz CT molecular complexity index is 1530. The molecule has 1 aromatic carbocycles. The van der Waals surface area contributed by atoms with E-state index in [1.54, 1.807) is 36.0 Å². The molecule has 1 unspecified atom stereocenters. The maximum absolute atomic E-state index is 13.5. The summed E-state index contributed by atoms with van der Waals surface area (Å²) in [7, 11) is 0. The minimum absolute atomic E-state index is 0.181. The van der Waals surface area contributed by atoms with Crippen LogP contribution in [0.1, 0.15) is 24.6 Å². The molecule has 0 aliphatic rings. The van der Waals surface area contributed by atoms with Crippen molar-refractivity contribution in [2.75, 3.05) is 11.1 Å². The smallest absolute Gasteiger partial charge is 0.264 e. The molecule has 0 amide bonds. The number of nitrogens with one attached hydrogen (secondary N) is 2. The summed E-state index contributed by atoms with van der Waals surface area (Å²) >= 11 is 6.36. The fraction of sp³-hybridized carbons (Fsp3) is 0.143. The number of rotatable bonds is 5. The highest BCUT2D eigenvalue weighted by atomic mass is 35.5. The molecule has 5 rings (SSSR count). The molecule has 0 fully saturated rings. The molecule has 4 heterocycles. The lowest BCUT2D eigenvalue weighted by Gasteiger charge is -2.21. The molecule has 0 spiro atoms. The average molecular weight is 464 g/mol. The quantitative estimate of drug-likeness (QED) is 0.356. The van der Waals surface area contributed by atoms with Gasteiger partial charge >= 0.3 is 0 Å². The Kier molecular flexibility index (Phi) is 5.02. The van der Waals surface area contributed by atoms with Crippen LogP contribution in [0, 0.1) is 6.92 Å². The van der Waals surface area contributed by atoms with E-state index in [1.807, 2.05) is 19.1 Å². The fourth-order valence-electron chi connectivity index (χ4n) is 3.69. The third-order valence-corrected chi connectivity index (χ3v) is 5.49. The number of nitrogens with zero attached hydrogens (tertiary/aromatic N) is 6. The van der Waals surface area contributed by atoms with Crippen LogP contribution in [0.15, 0.2) is 52.2 Å². The summed E-state index contributed by atoms with van der Waals surface area (Å²) in [4.78, 5) is 21.9. The van der Waals surface area contributed by atoms with Crippen molar-refractivity contribution in [2.45, 2.75) is 19.9 Å². The summed E-state index contributed by atoms with van der Waals surface area (Å²) in [5.41, 5.74) is 7.44. The third-order valence-electron chi connectivity index (χ3n) is 5.18. The lowest BCUT2D eigenvalue weighted by molar-refractivity contribution is 0.532. The molecule has 0 aliphatic carbocycles. The maximum Gasteiger partial charge on any atom is 0.264 e. The Hall–Kier alpha value is -4.25. The summed E-state index contributed by atoms with van der Waals surface area (Å²) in [6.07, 6.45) is 4.53. The lowest BCUT2D eigenvalue weighted by atomic mass is 10.1. The largest absolute Gasteiger partial charge is 0.421 e. The van der Waals surface area contributed by atoms with Gasteiger partial charge in [0, 0.05) is 18.8 Å². The molecule has 0 radical (unpaired) electrons. The predicted octanol–water partition coefficient (Wildman–Crippen LogP) is 3.27. The normalized spacial score (nSPS) is 12.2. The number of hydrogen-bond donors (Lipinski definition) is 3. The van der Waals surface area contributed by atoms with Crippen molar-refractivity contribution < 1.29 is 4.42 Å². The monoisotopic (exact) mass is 463 g/mol. The van der Waals surface area contributed by atoms with Crippen molar-refractivity contribution >= 4 is 34.0 Å². The SMILES string of the molecule is Cc1nnc(-c2c(N)ncnc2NC(C)c2cc3cccc(Cl)c3c(=O)n2-c2cn[nH]c2)o1. The fourth-order valence-corrected chi connectivity index (χ4v) is 3.95. The minimum atomic E-state index is -0.409. The topological polar surface area (TPSA) is 153 Å². The van der Waals surface area contributed by atoms with Gasteiger partial charge in [-0.3, -0.25) is 14.5 Å². The van der Waals surface area contributed by atoms with Gasteiger partial charge in [0.15, 0.2) is 0 Å². The Morgan fingerprint density at radius 3 is 2.85 bits per heavy atom. The summed E-state index contributed by atoms with van der Waals surface area (Å²) in [5, 5.41) is 19.5. The van der Waals surface area contributed by atoms with Crippen LogP contribution in [0.4, 0.5) is 11.6 Å². The summed E-state index contributed by atoms with van der Waals surface area (Å²) < 4.78 is 7.10. The van der Waals surface area contributed by atoms with Gasteiger partial charge in [-0.2, -0.15) is 5.10 Å². The van der Waals surface area contributed by atoms with Gasteiger partial charge in [0.1, 0.15) is 23.5 Å². The van der Waals surface area contributed by atoms with Crippen LogP contribution in [0.2, 0.25) is 5.02 Å². The van der Waals surface area contributed by atoms with Gasteiger partial charge in [0.25, 0.3) is 11.4 Å². The summed E-state index contributed by atoms with van der Waals surface area (Å²) in [6, 6.07) is 6.82. The second-order valence-electron chi connectivity index (χ2n) is 7.35. The Balaban J connectivity index is 1.66. The molecular formula is C21H18ClN9O2. The molecule has 0 saturated carbocycles. The predicted molar refractivity (Wildman–Crippen MR) is 123 cm³/mol. The van der Waals surface area contributed by atoms with E-state index < -0.39 is 6.04 Å². The van der Waals surface area contributed by atoms with Gasteiger partial charge < -0.3 is 15.5 Å². The first-order chi connectivity index (χ1) is 15.9. The van der Waals surface area contributed by atoms with Gasteiger partial charge in [-0.25, -0.2) is 9.97 Å². The number of H-pyrrole nitrogens is 1. The standard InChI is InChI=1S/C21H18ClN9O2/c1-10(28-19-17(18(23)24-9-25-19)20-30-29-11(2)33-20)15-6-12-4-3-5-14(22)16(12)21(32)31(15)13-7-26-27-8-13/h3-10H,1-2H3,(H,26,27)(H3,23,24,25,28). The molecule has 4 N–H and O–H groups in total. The number of halogens is 1. The van der Waals surface area contributed by atoms with Crippen molar-refractivity contribution in [1.82, 2.24) is 34.9 Å². The second-order valence-corrected chi connectivity index (χ2v) is 7.75.